The van der Waals surface area contributed by atoms with E-state index < -0.39 is 0 Å². The minimum Gasteiger partial charge on any atom is -0.328 e. The second-order valence-electron chi connectivity index (χ2n) is 3.30. The molecule has 0 unspecified atom stereocenters. The fraction of sp³-hybridized carbons (Fsp3) is 0.0909. The molecule has 17 heavy (non-hydrogen) atoms. The highest BCUT2D eigenvalue weighted by Crippen LogP contribution is 2.21. The number of hydrogen-bond donors (Lipinski definition) is 0. The maximum Gasteiger partial charge on any atom is 0.244 e. The Labute approximate surface area is 103 Å². The molecular formula is C11H8ClN5. The van der Waals surface area contributed by atoms with Crippen LogP contribution >= 0.6 is 11.6 Å². The number of nitrogens with zero attached hydrogens (tertiary/aromatic N) is 5. The van der Waals surface area contributed by atoms with Gasteiger partial charge in [0.1, 0.15) is 0 Å². The average Bonchev–Trinajstić information content (AvgIpc) is 2.38. The van der Waals surface area contributed by atoms with E-state index in [9.17, 15) is 0 Å². The van der Waals surface area contributed by atoms with Crippen LogP contribution in [0.4, 0.5) is 11.5 Å². The summed E-state index contributed by atoms with van der Waals surface area (Å²) < 4.78 is 0. The molecule has 2 aromatic rings. The molecule has 6 heteroatoms. The van der Waals surface area contributed by atoms with Crippen molar-refractivity contribution in [3.63, 3.8) is 0 Å². The first kappa shape index (κ1) is 11.3. The maximum absolute atomic E-state index is 8.71. The normalized spacial score (nSPS) is 9.71. The van der Waals surface area contributed by atoms with Crippen molar-refractivity contribution in [2.45, 2.75) is 0 Å². The first-order valence-corrected chi connectivity index (χ1v) is 5.17. The van der Waals surface area contributed by atoms with Gasteiger partial charge in [-0.15, -0.1) is 5.10 Å². The second-order valence-corrected chi connectivity index (χ2v) is 3.64. The van der Waals surface area contributed by atoms with Crippen molar-refractivity contribution in [2.24, 2.45) is 0 Å². The monoisotopic (exact) mass is 245 g/mol. The van der Waals surface area contributed by atoms with Crippen molar-refractivity contribution in [2.75, 3.05) is 11.9 Å². The fourth-order valence-corrected chi connectivity index (χ4v) is 1.46. The molecular weight excluding hydrogens is 238 g/mol. The van der Waals surface area contributed by atoms with Crippen LogP contribution in [0.5, 0.6) is 0 Å². The van der Waals surface area contributed by atoms with Gasteiger partial charge in [0.15, 0.2) is 5.82 Å². The van der Waals surface area contributed by atoms with E-state index in [-0.39, 0.29) is 5.28 Å². The highest BCUT2D eigenvalue weighted by Gasteiger charge is 2.06. The summed E-state index contributed by atoms with van der Waals surface area (Å²) in [7, 11) is 1.84. The first-order chi connectivity index (χ1) is 8.20. The summed E-state index contributed by atoms with van der Waals surface area (Å²) in [5.74, 6) is 0.592. The van der Waals surface area contributed by atoms with Crippen LogP contribution in [-0.4, -0.2) is 22.2 Å². The Bertz CT molecular complexity index is 561. The van der Waals surface area contributed by atoms with E-state index in [0.29, 0.717) is 11.4 Å². The molecule has 1 aromatic carbocycles. The highest BCUT2D eigenvalue weighted by atomic mass is 35.5. The minimum atomic E-state index is 0.1000. The van der Waals surface area contributed by atoms with Gasteiger partial charge >= 0.3 is 0 Å². The van der Waals surface area contributed by atoms with Gasteiger partial charge in [0.25, 0.3) is 0 Å². The van der Waals surface area contributed by atoms with Crippen molar-refractivity contribution in [3.05, 3.63) is 41.3 Å². The number of benzene rings is 1. The van der Waals surface area contributed by atoms with E-state index in [2.05, 4.69) is 21.3 Å². The third-order valence-corrected chi connectivity index (χ3v) is 2.41. The summed E-state index contributed by atoms with van der Waals surface area (Å²) in [6.07, 6.45) is 1.52. The molecule has 0 amide bonds. The molecule has 0 bridgehead atoms. The number of nitriles is 1. The molecule has 0 aliphatic rings. The van der Waals surface area contributed by atoms with E-state index in [1.165, 1.54) is 6.20 Å². The summed E-state index contributed by atoms with van der Waals surface area (Å²) in [5, 5.41) is 16.1. The Balaban J connectivity index is 2.30. The molecule has 5 nitrogen and oxygen atoms in total. The van der Waals surface area contributed by atoms with Crippen molar-refractivity contribution in [1.82, 2.24) is 15.2 Å². The summed E-state index contributed by atoms with van der Waals surface area (Å²) in [6.45, 7) is 0. The third-order valence-electron chi connectivity index (χ3n) is 2.25. The number of halogens is 1. The standard InChI is InChI=1S/C11H8ClN5/c1-17(10-7-14-16-11(12)15-10)9-4-2-8(6-13)3-5-9/h2-5,7H,1H3. The zero-order valence-corrected chi connectivity index (χ0v) is 9.76. The molecule has 0 spiro atoms. The molecule has 0 radical (unpaired) electrons. The van der Waals surface area contributed by atoms with Crippen LogP contribution in [-0.2, 0) is 0 Å². The number of aromatic nitrogens is 3. The Hall–Kier alpha value is -2.19. The number of rotatable bonds is 2. The van der Waals surface area contributed by atoms with E-state index in [1.807, 2.05) is 24.1 Å². The van der Waals surface area contributed by atoms with Gasteiger partial charge in [-0.25, -0.2) is 0 Å². The van der Waals surface area contributed by atoms with Crippen LogP contribution in [0.25, 0.3) is 0 Å². The smallest absolute Gasteiger partial charge is 0.244 e. The van der Waals surface area contributed by atoms with Gasteiger partial charge in [0, 0.05) is 12.7 Å². The van der Waals surface area contributed by atoms with Gasteiger partial charge in [0.2, 0.25) is 5.28 Å². The maximum atomic E-state index is 8.71. The minimum absolute atomic E-state index is 0.1000. The third kappa shape index (κ3) is 2.49. The van der Waals surface area contributed by atoms with E-state index >= 15 is 0 Å². The van der Waals surface area contributed by atoms with Gasteiger partial charge in [0.05, 0.1) is 17.8 Å². The predicted molar refractivity (Wildman–Crippen MR) is 64.1 cm³/mol. The predicted octanol–water partition coefficient (Wildman–Crippen LogP) is 2.16. The Morgan fingerprint density at radius 1 is 1.29 bits per heavy atom. The van der Waals surface area contributed by atoms with Crippen LogP contribution in [0.1, 0.15) is 5.56 Å². The molecule has 0 saturated carbocycles. The van der Waals surface area contributed by atoms with Gasteiger partial charge < -0.3 is 4.90 Å². The Morgan fingerprint density at radius 2 is 2.00 bits per heavy atom. The molecule has 2 rings (SSSR count). The average molecular weight is 246 g/mol. The SMILES string of the molecule is CN(c1ccc(C#N)cc1)c1cnnc(Cl)n1. The molecule has 0 aliphatic heterocycles. The zero-order valence-electron chi connectivity index (χ0n) is 9.00. The van der Waals surface area contributed by atoms with Crippen LogP contribution in [0, 0.1) is 11.3 Å². The van der Waals surface area contributed by atoms with E-state index in [0.717, 1.165) is 5.69 Å². The van der Waals surface area contributed by atoms with Crippen molar-refractivity contribution in [1.29, 1.82) is 5.26 Å². The van der Waals surface area contributed by atoms with Crippen molar-refractivity contribution < 1.29 is 0 Å². The Morgan fingerprint density at radius 3 is 2.59 bits per heavy atom. The fourth-order valence-electron chi connectivity index (χ4n) is 1.33. The van der Waals surface area contributed by atoms with Crippen molar-refractivity contribution in [3.8, 4) is 6.07 Å². The first-order valence-electron chi connectivity index (χ1n) is 4.80. The molecule has 0 N–H and O–H groups in total. The van der Waals surface area contributed by atoms with Crippen LogP contribution in [0.15, 0.2) is 30.5 Å². The quantitative estimate of drug-likeness (QED) is 0.811. The van der Waals surface area contributed by atoms with Gasteiger partial charge in [-0.3, -0.25) is 0 Å². The van der Waals surface area contributed by atoms with Gasteiger partial charge in [-0.05, 0) is 35.9 Å². The van der Waals surface area contributed by atoms with Crippen molar-refractivity contribution >= 4 is 23.1 Å². The molecule has 84 valence electrons. The number of hydrogen-bond acceptors (Lipinski definition) is 5. The summed E-state index contributed by atoms with van der Waals surface area (Å²) in [4.78, 5) is 5.85. The van der Waals surface area contributed by atoms with Crippen LogP contribution < -0.4 is 4.90 Å². The van der Waals surface area contributed by atoms with Crippen LogP contribution in [0.2, 0.25) is 5.28 Å². The summed E-state index contributed by atoms with van der Waals surface area (Å²) in [5.41, 5.74) is 1.50. The van der Waals surface area contributed by atoms with E-state index in [1.54, 1.807) is 12.1 Å². The van der Waals surface area contributed by atoms with E-state index in [4.69, 9.17) is 16.9 Å². The molecule has 0 aliphatic carbocycles. The van der Waals surface area contributed by atoms with Gasteiger partial charge in [-0.1, -0.05) is 0 Å². The Kier molecular flexibility index (Phi) is 3.17. The topological polar surface area (TPSA) is 65.7 Å². The molecule has 0 fully saturated rings. The summed E-state index contributed by atoms with van der Waals surface area (Å²) >= 11 is 5.67. The number of anilines is 2. The largest absolute Gasteiger partial charge is 0.328 e. The highest BCUT2D eigenvalue weighted by molar-refractivity contribution is 6.28. The van der Waals surface area contributed by atoms with Crippen LogP contribution in [0.3, 0.4) is 0 Å². The van der Waals surface area contributed by atoms with Gasteiger partial charge in [-0.2, -0.15) is 15.3 Å². The zero-order chi connectivity index (χ0) is 12.3. The second kappa shape index (κ2) is 4.76. The lowest BCUT2D eigenvalue weighted by atomic mass is 10.2. The molecule has 1 heterocycles. The lowest BCUT2D eigenvalue weighted by Crippen LogP contribution is -2.12. The lowest BCUT2D eigenvalue weighted by molar-refractivity contribution is 0.949. The summed E-state index contributed by atoms with van der Waals surface area (Å²) in [6, 6.07) is 9.20. The lowest BCUT2D eigenvalue weighted by Gasteiger charge is -2.17. The molecule has 1 aromatic heterocycles. The molecule has 0 saturated heterocycles. The molecule has 0 atom stereocenters.